The summed E-state index contributed by atoms with van der Waals surface area (Å²) in [4.78, 5) is 4.59. The smallest absolute Gasteiger partial charge is 0.226 e. The predicted molar refractivity (Wildman–Crippen MR) is 180 cm³/mol. The van der Waals surface area contributed by atoms with Crippen molar-refractivity contribution in [3.8, 4) is 17.2 Å². The third-order valence-electron chi connectivity index (χ3n) is 6.64. The van der Waals surface area contributed by atoms with Crippen LogP contribution in [0, 0.1) is 6.92 Å². The van der Waals surface area contributed by atoms with Crippen molar-refractivity contribution in [3.63, 3.8) is 0 Å². The summed E-state index contributed by atoms with van der Waals surface area (Å²) < 4.78 is 11.5. The predicted octanol–water partition coefficient (Wildman–Crippen LogP) is 8.61. The summed E-state index contributed by atoms with van der Waals surface area (Å²) in [5.41, 5.74) is 3.17. The van der Waals surface area contributed by atoms with Gasteiger partial charge in [-0.25, -0.2) is 4.98 Å². The van der Waals surface area contributed by atoms with Gasteiger partial charge >= 0.3 is 0 Å². The van der Waals surface area contributed by atoms with Gasteiger partial charge in [-0.15, -0.1) is 0 Å². The van der Waals surface area contributed by atoms with Crippen LogP contribution in [0.25, 0.3) is 11.5 Å². The van der Waals surface area contributed by atoms with E-state index in [-0.39, 0.29) is 0 Å². The molecule has 0 saturated heterocycles. The van der Waals surface area contributed by atoms with Gasteiger partial charge in [0.15, 0.2) is 0 Å². The van der Waals surface area contributed by atoms with Crippen molar-refractivity contribution in [1.82, 2.24) is 4.98 Å². The minimum absolute atomic E-state index is 0.446. The van der Waals surface area contributed by atoms with E-state index in [0.717, 1.165) is 34.5 Å². The molecule has 0 saturated carbocycles. The van der Waals surface area contributed by atoms with Crippen molar-refractivity contribution < 1.29 is 9.15 Å². The lowest BCUT2D eigenvalue weighted by atomic mass is 10.2. The lowest BCUT2D eigenvalue weighted by Crippen LogP contribution is -2.20. The second-order valence-electron chi connectivity index (χ2n) is 9.61. The number of halogens is 1. The van der Waals surface area contributed by atoms with E-state index in [1.807, 2.05) is 49.4 Å². The Hall–Kier alpha value is -3.98. The van der Waals surface area contributed by atoms with Crippen LogP contribution in [0.1, 0.15) is 17.0 Å². The molecule has 6 aromatic rings. The van der Waals surface area contributed by atoms with E-state index < -0.39 is 7.92 Å². The van der Waals surface area contributed by atoms with E-state index in [0.29, 0.717) is 12.5 Å². The van der Waals surface area contributed by atoms with Crippen molar-refractivity contribution in [2.24, 2.45) is 0 Å². The van der Waals surface area contributed by atoms with Crippen LogP contribution in [0.2, 0.25) is 0 Å². The number of aromatic nitrogens is 1. The molecule has 3 nitrogen and oxygen atoms in total. The van der Waals surface area contributed by atoms with E-state index in [4.69, 9.17) is 9.15 Å². The number of rotatable bonds is 9. The van der Waals surface area contributed by atoms with Crippen LogP contribution in [0.15, 0.2) is 150 Å². The molecule has 0 aliphatic heterocycles. The van der Waals surface area contributed by atoms with E-state index in [1.165, 1.54) is 21.5 Å². The van der Waals surface area contributed by atoms with Crippen LogP contribution in [-0.2, 0) is 11.8 Å². The summed E-state index contributed by atoms with van der Waals surface area (Å²) >= 11 is 3.44. The minimum atomic E-state index is -0.446. The molecule has 0 unspecified atom stereocenters. The number of hydrogen-bond donors (Lipinski definition) is 0. The molecule has 1 heterocycles. The van der Waals surface area contributed by atoms with Gasteiger partial charge in [0.05, 0.1) is 12.3 Å². The average Bonchev–Trinajstić information content (AvgIpc) is 3.44. The molecule has 5 aromatic carbocycles. The topological polar surface area (TPSA) is 35.3 Å². The highest BCUT2D eigenvalue weighted by molar-refractivity contribution is 9.08. The fraction of sp³-hybridized carbons (Fsp3) is 0.108. The summed E-state index contributed by atoms with van der Waals surface area (Å²) in [6.45, 7) is 2.52. The van der Waals surface area contributed by atoms with Crippen molar-refractivity contribution in [2.45, 2.75) is 18.7 Å². The van der Waals surface area contributed by atoms with Gasteiger partial charge in [-0.1, -0.05) is 137 Å². The first-order valence-electron chi connectivity index (χ1n) is 14.0. The van der Waals surface area contributed by atoms with Gasteiger partial charge in [0.1, 0.15) is 11.5 Å². The number of nitrogens with zero attached hydrogens (tertiary/aromatic N) is 1. The fourth-order valence-electron chi connectivity index (χ4n) is 4.48. The van der Waals surface area contributed by atoms with Gasteiger partial charge in [0, 0.05) is 17.3 Å². The zero-order valence-corrected chi connectivity index (χ0v) is 26.0. The monoisotopic (exact) mass is 633 g/mol. The first kappa shape index (κ1) is 29.5. The Morgan fingerprint density at radius 1 is 0.643 bits per heavy atom. The number of alkyl halides is 1. The molecule has 0 bridgehead atoms. The van der Waals surface area contributed by atoms with Crippen molar-refractivity contribution in [3.05, 3.63) is 163 Å². The standard InChI is InChI=1S/C19H18BrNO2.C18H15P/c1-14-18(21-19(23-14)16-5-3-2-4-6-16)11-12-22-17-9-7-15(13-20)8-10-17;1-4-10-16(11-5-1)19(17-12-6-2-7-13-17)18-14-8-3-9-15-18/h2-10H,11-13H2,1H3;1-15H. The van der Waals surface area contributed by atoms with E-state index >= 15 is 0 Å². The second kappa shape index (κ2) is 15.3. The maximum absolute atomic E-state index is 5.78. The van der Waals surface area contributed by atoms with Crippen molar-refractivity contribution in [1.29, 1.82) is 0 Å². The van der Waals surface area contributed by atoms with Crippen LogP contribution in [0.3, 0.4) is 0 Å². The molecule has 0 aliphatic carbocycles. The molecular formula is C37H33BrNO2P. The summed E-state index contributed by atoms with van der Waals surface area (Å²) in [6.07, 6.45) is 0.725. The molecule has 0 atom stereocenters. The Balaban J connectivity index is 0.000000171. The number of aryl methyl sites for hydroxylation is 1. The maximum Gasteiger partial charge on any atom is 0.226 e. The lowest BCUT2D eigenvalue weighted by Gasteiger charge is -2.18. The number of oxazole rings is 1. The van der Waals surface area contributed by atoms with Gasteiger partial charge in [-0.05, 0) is 60.6 Å². The third-order valence-corrected chi connectivity index (χ3v) is 9.73. The normalized spacial score (nSPS) is 10.6. The van der Waals surface area contributed by atoms with Gasteiger partial charge in [-0.3, -0.25) is 0 Å². The highest BCUT2D eigenvalue weighted by Gasteiger charge is 2.15. The van der Waals surface area contributed by atoms with Gasteiger partial charge in [0.25, 0.3) is 0 Å². The van der Waals surface area contributed by atoms with Crippen LogP contribution in [-0.4, -0.2) is 11.6 Å². The summed E-state index contributed by atoms with van der Waals surface area (Å²) in [5, 5.41) is 5.05. The number of ether oxygens (including phenoxy) is 1. The van der Waals surface area contributed by atoms with E-state index in [2.05, 4.69) is 124 Å². The molecule has 210 valence electrons. The van der Waals surface area contributed by atoms with Gasteiger partial charge < -0.3 is 9.15 Å². The molecule has 0 fully saturated rings. The SMILES string of the molecule is Cc1oc(-c2ccccc2)nc1CCOc1ccc(CBr)cc1.c1ccc(P(c2ccccc2)c2ccccc2)cc1. The Labute approximate surface area is 258 Å². The quantitative estimate of drug-likeness (QED) is 0.118. The summed E-state index contributed by atoms with van der Waals surface area (Å²) in [7, 11) is -0.446. The largest absolute Gasteiger partial charge is 0.493 e. The average molecular weight is 635 g/mol. The van der Waals surface area contributed by atoms with Crippen molar-refractivity contribution >= 4 is 39.8 Å². The maximum atomic E-state index is 5.78. The zero-order chi connectivity index (χ0) is 29.0. The molecule has 0 radical (unpaired) electrons. The number of hydrogen-bond acceptors (Lipinski definition) is 3. The first-order chi connectivity index (χ1) is 20.7. The molecule has 0 N–H and O–H groups in total. The molecule has 5 heteroatoms. The molecular weight excluding hydrogens is 601 g/mol. The van der Waals surface area contributed by atoms with Crippen LogP contribution >= 0.6 is 23.9 Å². The van der Waals surface area contributed by atoms with Gasteiger partial charge in [-0.2, -0.15) is 0 Å². The van der Waals surface area contributed by atoms with Crippen LogP contribution in [0.4, 0.5) is 0 Å². The fourth-order valence-corrected chi connectivity index (χ4v) is 7.16. The third kappa shape index (κ3) is 8.06. The molecule has 1 aromatic heterocycles. The molecule has 0 amide bonds. The van der Waals surface area contributed by atoms with Crippen LogP contribution in [0.5, 0.6) is 5.75 Å². The highest BCUT2D eigenvalue weighted by Crippen LogP contribution is 2.32. The van der Waals surface area contributed by atoms with E-state index in [9.17, 15) is 0 Å². The molecule has 0 aliphatic rings. The molecule has 42 heavy (non-hydrogen) atoms. The lowest BCUT2D eigenvalue weighted by molar-refractivity contribution is 0.320. The zero-order valence-electron chi connectivity index (χ0n) is 23.6. The first-order valence-corrected chi connectivity index (χ1v) is 16.4. The molecule has 6 rings (SSSR count). The Morgan fingerprint density at radius 3 is 1.60 bits per heavy atom. The summed E-state index contributed by atoms with van der Waals surface area (Å²) in [5.74, 6) is 2.39. The Kier molecular flexibility index (Phi) is 10.8. The highest BCUT2D eigenvalue weighted by atomic mass is 79.9. The summed E-state index contributed by atoms with van der Waals surface area (Å²) in [6, 6.07) is 50.3. The van der Waals surface area contributed by atoms with E-state index in [1.54, 1.807) is 0 Å². The minimum Gasteiger partial charge on any atom is -0.493 e. The van der Waals surface area contributed by atoms with Crippen LogP contribution < -0.4 is 20.7 Å². The van der Waals surface area contributed by atoms with Crippen molar-refractivity contribution in [2.75, 3.05) is 6.61 Å². The Bertz CT molecular complexity index is 1530. The molecule has 0 spiro atoms. The second-order valence-corrected chi connectivity index (χ2v) is 12.4. The van der Waals surface area contributed by atoms with Gasteiger partial charge in [0.2, 0.25) is 5.89 Å². The Morgan fingerprint density at radius 2 is 1.12 bits per heavy atom. The number of benzene rings is 5.